The van der Waals surface area contributed by atoms with Crippen LogP contribution in [-0.4, -0.2) is 10.1 Å². The Morgan fingerprint density at radius 3 is 2.69 bits per heavy atom. The van der Waals surface area contributed by atoms with E-state index < -0.39 is 6.43 Å². The van der Waals surface area contributed by atoms with Crippen LogP contribution in [0.3, 0.4) is 0 Å². The molecule has 13 heavy (non-hydrogen) atoms. The molecule has 0 atom stereocenters. The maximum absolute atomic E-state index is 12.3. The fourth-order valence-electron chi connectivity index (χ4n) is 0.975. The Kier molecular flexibility index (Phi) is 3.33. The van der Waals surface area contributed by atoms with E-state index in [1.54, 1.807) is 6.92 Å². The number of hydrogen-bond acceptors (Lipinski definition) is 2. The summed E-state index contributed by atoms with van der Waals surface area (Å²) in [5, 5.41) is 8.90. The molecule has 1 aromatic rings. The van der Waals surface area contributed by atoms with Gasteiger partial charge in [-0.05, 0) is 34.0 Å². The molecule has 1 heterocycles. The first-order valence-corrected chi connectivity index (χ1v) is 4.40. The van der Waals surface area contributed by atoms with Crippen LogP contribution >= 0.6 is 15.9 Å². The average molecular weight is 252 g/mol. The van der Waals surface area contributed by atoms with Crippen molar-refractivity contribution in [2.24, 2.45) is 0 Å². The second kappa shape index (κ2) is 4.11. The Balaban J connectivity index is 3.27. The number of pyridine rings is 1. The number of alkyl halides is 2. The maximum atomic E-state index is 12.3. The van der Waals surface area contributed by atoms with E-state index in [1.807, 2.05) is 0 Å². The first-order valence-electron chi connectivity index (χ1n) is 3.60. The van der Waals surface area contributed by atoms with Crippen molar-refractivity contribution in [2.45, 2.75) is 20.0 Å². The molecule has 1 aromatic heterocycles. The second-order valence-corrected chi connectivity index (χ2v) is 3.37. The first-order chi connectivity index (χ1) is 6.07. The third kappa shape index (κ3) is 2.03. The summed E-state index contributed by atoms with van der Waals surface area (Å²) in [7, 11) is 0. The molecule has 2 nitrogen and oxygen atoms in total. The van der Waals surface area contributed by atoms with Crippen LogP contribution in [0.25, 0.3) is 0 Å². The predicted octanol–water partition coefficient (Wildman–Crippen LogP) is 2.58. The van der Waals surface area contributed by atoms with Gasteiger partial charge in [-0.15, -0.1) is 0 Å². The lowest BCUT2D eigenvalue weighted by molar-refractivity contribution is 0.144. The molecule has 5 heteroatoms. The number of halogens is 3. The van der Waals surface area contributed by atoms with Crippen LogP contribution < -0.4 is 0 Å². The highest BCUT2D eigenvalue weighted by atomic mass is 79.9. The lowest BCUT2D eigenvalue weighted by Crippen LogP contribution is -1.99. The largest absolute Gasteiger partial charge is 0.392 e. The Bertz CT molecular complexity index is 317. The van der Waals surface area contributed by atoms with Crippen LogP contribution in [0.2, 0.25) is 0 Å². The van der Waals surface area contributed by atoms with Gasteiger partial charge in [0.25, 0.3) is 6.43 Å². The maximum Gasteiger partial charge on any atom is 0.281 e. The minimum Gasteiger partial charge on any atom is -0.392 e. The van der Waals surface area contributed by atoms with Gasteiger partial charge in [-0.1, -0.05) is 0 Å². The standard InChI is InChI=1S/C8H8BrF2NO/c1-4-2-12-7(8(10)11)6(9)5(4)3-13/h2,8,13H,3H2,1H3. The van der Waals surface area contributed by atoms with E-state index in [2.05, 4.69) is 20.9 Å². The SMILES string of the molecule is Cc1cnc(C(F)F)c(Br)c1CO. The lowest BCUT2D eigenvalue weighted by Gasteiger charge is -2.08. The van der Waals surface area contributed by atoms with Crippen molar-refractivity contribution in [1.29, 1.82) is 0 Å². The van der Waals surface area contributed by atoms with E-state index in [9.17, 15) is 8.78 Å². The summed E-state index contributed by atoms with van der Waals surface area (Å²) in [6.45, 7) is 1.44. The van der Waals surface area contributed by atoms with Crippen molar-refractivity contribution in [3.8, 4) is 0 Å². The highest BCUT2D eigenvalue weighted by molar-refractivity contribution is 9.10. The minimum atomic E-state index is -2.62. The van der Waals surface area contributed by atoms with Crippen molar-refractivity contribution in [1.82, 2.24) is 4.98 Å². The molecule has 0 unspecified atom stereocenters. The highest BCUT2D eigenvalue weighted by Crippen LogP contribution is 2.29. The van der Waals surface area contributed by atoms with Crippen LogP contribution in [0.4, 0.5) is 8.78 Å². The molecule has 0 spiro atoms. The van der Waals surface area contributed by atoms with Gasteiger partial charge in [0.05, 0.1) is 11.1 Å². The van der Waals surface area contributed by atoms with E-state index in [0.717, 1.165) is 0 Å². The molecule has 72 valence electrons. The van der Waals surface area contributed by atoms with Crippen LogP contribution in [0, 0.1) is 6.92 Å². The zero-order valence-corrected chi connectivity index (χ0v) is 8.48. The molecule has 0 aliphatic heterocycles. The van der Waals surface area contributed by atoms with E-state index in [4.69, 9.17) is 5.11 Å². The highest BCUT2D eigenvalue weighted by Gasteiger charge is 2.16. The Morgan fingerprint density at radius 2 is 2.23 bits per heavy atom. The summed E-state index contributed by atoms with van der Waals surface area (Å²) in [4.78, 5) is 3.58. The van der Waals surface area contributed by atoms with E-state index in [-0.39, 0.29) is 16.8 Å². The van der Waals surface area contributed by atoms with E-state index in [1.165, 1.54) is 6.20 Å². The third-order valence-corrected chi connectivity index (χ3v) is 2.61. The third-order valence-electron chi connectivity index (χ3n) is 1.73. The molecule has 0 radical (unpaired) electrons. The molecule has 1 N–H and O–H groups in total. The van der Waals surface area contributed by atoms with Crippen LogP contribution in [0.5, 0.6) is 0 Å². The molecule has 0 aliphatic carbocycles. The fourth-order valence-corrected chi connectivity index (χ4v) is 1.69. The van der Waals surface area contributed by atoms with Gasteiger partial charge in [0.1, 0.15) is 5.69 Å². The number of hydrogen-bond donors (Lipinski definition) is 1. The zero-order valence-electron chi connectivity index (χ0n) is 6.89. The molecule has 0 aromatic carbocycles. The quantitative estimate of drug-likeness (QED) is 0.877. The van der Waals surface area contributed by atoms with Crippen molar-refractivity contribution in [2.75, 3.05) is 0 Å². The second-order valence-electron chi connectivity index (χ2n) is 2.58. The van der Waals surface area contributed by atoms with Crippen LogP contribution in [0.15, 0.2) is 10.7 Å². The van der Waals surface area contributed by atoms with Gasteiger partial charge in [0.2, 0.25) is 0 Å². The Labute approximate surface area is 82.7 Å². The number of rotatable bonds is 2. The molecular formula is C8H8BrF2NO. The van der Waals surface area contributed by atoms with Crippen molar-refractivity contribution >= 4 is 15.9 Å². The number of nitrogens with zero attached hydrogens (tertiary/aromatic N) is 1. The summed E-state index contributed by atoms with van der Waals surface area (Å²) >= 11 is 2.99. The van der Waals surface area contributed by atoms with Crippen molar-refractivity contribution in [3.63, 3.8) is 0 Å². The molecule has 0 amide bonds. The first kappa shape index (κ1) is 10.5. The van der Waals surface area contributed by atoms with Crippen molar-refractivity contribution in [3.05, 3.63) is 27.5 Å². The summed E-state index contributed by atoms with van der Waals surface area (Å²) in [6.07, 6.45) is -1.29. The minimum absolute atomic E-state index is 0.199. The van der Waals surface area contributed by atoms with Crippen LogP contribution in [0.1, 0.15) is 23.2 Å². The van der Waals surface area contributed by atoms with Gasteiger partial charge in [-0.25, -0.2) is 8.78 Å². The summed E-state index contributed by atoms with van der Waals surface area (Å²) in [5.74, 6) is 0. The topological polar surface area (TPSA) is 33.1 Å². The van der Waals surface area contributed by atoms with E-state index >= 15 is 0 Å². The summed E-state index contributed by atoms with van der Waals surface area (Å²) < 4.78 is 24.8. The van der Waals surface area contributed by atoms with Gasteiger partial charge in [-0.3, -0.25) is 4.98 Å². The van der Waals surface area contributed by atoms with Gasteiger partial charge in [0.15, 0.2) is 0 Å². The Morgan fingerprint density at radius 1 is 1.62 bits per heavy atom. The number of aryl methyl sites for hydroxylation is 1. The number of aliphatic hydroxyl groups is 1. The van der Waals surface area contributed by atoms with Gasteiger partial charge in [-0.2, -0.15) is 0 Å². The molecular weight excluding hydrogens is 244 g/mol. The monoisotopic (exact) mass is 251 g/mol. The molecule has 0 fully saturated rings. The molecule has 0 saturated heterocycles. The van der Waals surface area contributed by atoms with E-state index in [0.29, 0.717) is 11.1 Å². The smallest absolute Gasteiger partial charge is 0.281 e. The fraction of sp³-hybridized carbons (Fsp3) is 0.375. The molecule has 1 rings (SSSR count). The number of aromatic nitrogens is 1. The van der Waals surface area contributed by atoms with Gasteiger partial charge < -0.3 is 5.11 Å². The zero-order chi connectivity index (χ0) is 10.0. The Hall–Kier alpha value is -0.550. The average Bonchev–Trinajstić information content (AvgIpc) is 2.04. The number of aliphatic hydroxyl groups excluding tert-OH is 1. The summed E-state index contributed by atoms with van der Waals surface area (Å²) in [5.41, 5.74) is 0.832. The predicted molar refractivity (Wildman–Crippen MR) is 47.6 cm³/mol. The van der Waals surface area contributed by atoms with Gasteiger partial charge in [0, 0.05) is 6.20 Å². The van der Waals surface area contributed by atoms with Gasteiger partial charge >= 0.3 is 0 Å². The van der Waals surface area contributed by atoms with Crippen molar-refractivity contribution < 1.29 is 13.9 Å². The summed E-state index contributed by atoms with van der Waals surface area (Å²) in [6, 6.07) is 0. The van der Waals surface area contributed by atoms with Crippen LogP contribution in [-0.2, 0) is 6.61 Å². The molecule has 0 saturated carbocycles. The molecule has 0 bridgehead atoms. The lowest BCUT2D eigenvalue weighted by atomic mass is 10.1. The molecule has 0 aliphatic rings. The normalized spacial score (nSPS) is 10.9.